The molecule has 1 saturated carbocycles. The van der Waals surface area contributed by atoms with E-state index in [1.54, 1.807) is 4.68 Å². The number of likely N-dealkylation sites (tertiary alicyclic amines) is 1. The minimum Gasteiger partial charge on any atom is -0.391 e. The van der Waals surface area contributed by atoms with E-state index in [4.69, 9.17) is 0 Å². The number of hydrogen-bond donors (Lipinski definition) is 2. The fourth-order valence-electron chi connectivity index (χ4n) is 4.69. The zero-order chi connectivity index (χ0) is 22.3. The maximum Gasteiger partial charge on any atom is 0.248 e. The molecule has 12 heteroatoms. The number of nitrogens with zero attached hydrogens (tertiary/aromatic N) is 5. The lowest BCUT2D eigenvalue weighted by molar-refractivity contribution is -0.143. The summed E-state index contributed by atoms with van der Waals surface area (Å²) >= 11 is 0. The number of sulfonamides is 1. The highest BCUT2D eigenvalue weighted by Crippen LogP contribution is 2.40. The molecule has 0 aromatic carbocycles. The van der Waals surface area contributed by atoms with Crippen LogP contribution in [0.3, 0.4) is 0 Å². The Labute approximate surface area is 181 Å². The Bertz CT molecular complexity index is 937. The molecule has 31 heavy (non-hydrogen) atoms. The SMILES string of the molecule is CNC(=O)[C@@H]1C[C@@H](O)CN1C(=O)[C@H](C1CCN(S(C)(=O)=O)CC1)n1cc(C2CC2)nn1. The van der Waals surface area contributed by atoms with Crippen molar-refractivity contribution in [3.63, 3.8) is 0 Å². The topological polar surface area (TPSA) is 138 Å². The highest BCUT2D eigenvalue weighted by molar-refractivity contribution is 7.88. The number of rotatable bonds is 6. The number of aliphatic hydroxyl groups excluding tert-OH is 1. The Balaban J connectivity index is 1.60. The molecule has 1 aliphatic carbocycles. The highest BCUT2D eigenvalue weighted by Gasteiger charge is 2.45. The smallest absolute Gasteiger partial charge is 0.248 e. The lowest BCUT2D eigenvalue weighted by atomic mass is 9.89. The van der Waals surface area contributed by atoms with Crippen LogP contribution in [0.15, 0.2) is 6.20 Å². The van der Waals surface area contributed by atoms with Crippen molar-refractivity contribution in [1.82, 2.24) is 29.5 Å². The van der Waals surface area contributed by atoms with Gasteiger partial charge >= 0.3 is 0 Å². The number of nitrogens with one attached hydrogen (secondary N) is 1. The number of amides is 2. The zero-order valence-electron chi connectivity index (χ0n) is 17.8. The molecule has 0 bridgehead atoms. The molecular weight excluding hydrogens is 424 g/mol. The van der Waals surface area contributed by atoms with Gasteiger partial charge in [-0.3, -0.25) is 9.59 Å². The number of likely N-dealkylation sites (N-methyl/N-ethyl adjacent to an activating group) is 1. The van der Waals surface area contributed by atoms with E-state index in [1.165, 1.54) is 22.5 Å². The molecule has 11 nitrogen and oxygen atoms in total. The summed E-state index contributed by atoms with van der Waals surface area (Å²) < 4.78 is 26.8. The molecule has 3 atom stereocenters. The Kier molecular flexibility index (Phi) is 6.05. The Morgan fingerprint density at radius 3 is 2.48 bits per heavy atom. The van der Waals surface area contributed by atoms with Crippen LogP contribution in [0.2, 0.25) is 0 Å². The number of piperidine rings is 1. The summed E-state index contributed by atoms with van der Waals surface area (Å²) in [7, 11) is -1.78. The summed E-state index contributed by atoms with van der Waals surface area (Å²) in [6.45, 7) is 0.748. The third-order valence-corrected chi connectivity index (χ3v) is 7.89. The van der Waals surface area contributed by atoms with Gasteiger partial charge in [-0.15, -0.1) is 5.10 Å². The van der Waals surface area contributed by atoms with E-state index in [-0.39, 0.29) is 30.7 Å². The second kappa shape index (κ2) is 8.47. The van der Waals surface area contributed by atoms with Gasteiger partial charge in [-0.25, -0.2) is 17.4 Å². The lowest BCUT2D eigenvalue weighted by Gasteiger charge is -2.36. The molecule has 1 aromatic rings. The summed E-state index contributed by atoms with van der Waals surface area (Å²) in [5.41, 5.74) is 0.857. The van der Waals surface area contributed by atoms with Crippen molar-refractivity contribution in [3.05, 3.63) is 11.9 Å². The highest BCUT2D eigenvalue weighted by atomic mass is 32.2. The molecule has 0 radical (unpaired) electrons. The van der Waals surface area contributed by atoms with Gasteiger partial charge in [0.05, 0.1) is 18.1 Å². The molecule has 2 N–H and O–H groups in total. The molecule has 2 aliphatic heterocycles. The maximum absolute atomic E-state index is 13.7. The van der Waals surface area contributed by atoms with Gasteiger partial charge in [0.25, 0.3) is 0 Å². The van der Waals surface area contributed by atoms with E-state index in [0.717, 1.165) is 18.5 Å². The average Bonchev–Trinajstić information content (AvgIpc) is 3.34. The second-order valence-corrected chi connectivity index (χ2v) is 10.8. The van der Waals surface area contributed by atoms with Gasteiger partial charge in [0.2, 0.25) is 21.8 Å². The number of carbonyl (C=O) groups excluding carboxylic acids is 2. The van der Waals surface area contributed by atoms with Crippen molar-refractivity contribution in [3.8, 4) is 0 Å². The predicted octanol–water partition coefficient (Wildman–Crippen LogP) is -0.924. The molecule has 2 amide bonds. The standard InChI is InChI=1S/C19H30N6O5S/c1-20-18(27)16-9-14(26)10-24(16)19(28)17(25-11-15(21-22-25)12-3-4-12)13-5-7-23(8-6-13)31(2,29)30/h11-14,16-17,26H,3-10H2,1-2H3,(H,20,27)/t14-,16+,17+/m1/s1. The first-order valence-corrected chi connectivity index (χ1v) is 12.6. The van der Waals surface area contributed by atoms with Crippen LogP contribution in [-0.2, 0) is 19.6 Å². The van der Waals surface area contributed by atoms with E-state index < -0.39 is 28.2 Å². The molecule has 2 saturated heterocycles. The van der Waals surface area contributed by atoms with Crippen LogP contribution in [0.25, 0.3) is 0 Å². The maximum atomic E-state index is 13.7. The molecular formula is C19H30N6O5S. The van der Waals surface area contributed by atoms with Crippen LogP contribution in [0.5, 0.6) is 0 Å². The molecule has 4 rings (SSSR count). The van der Waals surface area contributed by atoms with E-state index in [0.29, 0.717) is 31.8 Å². The van der Waals surface area contributed by atoms with Gasteiger partial charge in [0, 0.05) is 45.2 Å². The lowest BCUT2D eigenvalue weighted by Crippen LogP contribution is -2.50. The normalized spacial score (nSPS) is 26.7. The van der Waals surface area contributed by atoms with Crippen LogP contribution in [-0.4, -0.2) is 94.6 Å². The summed E-state index contributed by atoms with van der Waals surface area (Å²) in [6.07, 6.45) is 5.54. The van der Waals surface area contributed by atoms with Crippen LogP contribution in [0, 0.1) is 5.92 Å². The van der Waals surface area contributed by atoms with Crippen LogP contribution >= 0.6 is 0 Å². The Morgan fingerprint density at radius 2 is 1.90 bits per heavy atom. The number of aliphatic hydroxyl groups is 1. The summed E-state index contributed by atoms with van der Waals surface area (Å²) in [4.78, 5) is 27.5. The summed E-state index contributed by atoms with van der Waals surface area (Å²) in [6, 6.07) is -1.43. The first-order chi connectivity index (χ1) is 14.7. The fourth-order valence-corrected chi connectivity index (χ4v) is 5.56. The minimum atomic E-state index is -3.29. The van der Waals surface area contributed by atoms with Crippen molar-refractivity contribution in [2.75, 3.05) is 32.9 Å². The molecule has 3 aliphatic rings. The van der Waals surface area contributed by atoms with E-state index in [1.807, 2.05) is 6.20 Å². The van der Waals surface area contributed by atoms with Gasteiger partial charge in [-0.1, -0.05) is 5.21 Å². The van der Waals surface area contributed by atoms with Crippen molar-refractivity contribution < 1.29 is 23.1 Å². The van der Waals surface area contributed by atoms with Gasteiger partial charge in [0.15, 0.2) is 0 Å². The van der Waals surface area contributed by atoms with E-state index in [2.05, 4.69) is 15.6 Å². The largest absolute Gasteiger partial charge is 0.391 e. The first-order valence-electron chi connectivity index (χ1n) is 10.8. The molecule has 3 heterocycles. The fraction of sp³-hybridized carbons (Fsp3) is 0.789. The van der Waals surface area contributed by atoms with E-state index in [9.17, 15) is 23.1 Å². The van der Waals surface area contributed by atoms with Gasteiger partial charge in [-0.2, -0.15) is 0 Å². The van der Waals surface area contributed by atoms with Crippen LogP contribution in [0.4, 0.5) is 0 Å². The number of β-amino-alcohol motifs (C(OH)–C–C–N with tert-alkyl or cyclic N) is 1. The Hall–Kier alpha value is -2.05. The third kappa shape index (κ3) is 4.60. The van der Waals surface area contributed by atoms with Crippen LogP contribution in [0.1, 0.15) is 49.8 Å². The van der Waals surface area contributed by atoms with Gasteiger partial charge < -0.3 is 15.3 Å². The molecule has 0 unspecified atom stereocenters. The first kappa shape index (κ1) is 22.2. The monoisotopic (exact) mass is 454 g/mol. The minimum absolute atomic E-state index is 0.0831. The molecule has 1 aromatic heterocycles. The zero-order valence-corrected chi connectivity index (χ0v) is 18.7. The van der Waals surface area contributed by atoms with Crippen LogP contribution < -0.4 is 5.32 Å². The van der Waals surface area contributed by atoms with Gasteiger partial charge in [0.1, 0.15) is 12.1 Å². The summed E-state index contributed by atoms with van der Waals surface area (Å²) in [5, 5.41) is 21.2. The van der Waals surface area contributed by atoms with Crippen molar-refractivity contribution >= 4 is 21.8 Å². The van der Waals surface area contributed by atoms with Crippen molar-refractivity contribution in [1.29, 1.82) is 0 Å². The van der Waals surface area contributed by atoms with Gasteiger partial charge in [-0.05, 0) is 31.6 Å². The average molecular weight is 455 g/mol. The number of carbonyl (C=O) groups is 2. The molecule has 0 spiro atoms. The quantitative estimate of drug-likeness (QED) is 0.567. The Morgan fingerprint density at radius 1 is 1.23 bits per heavy atom. The second-order valence-electron chi connectivity index (χ2n) is 8.85. The summed E-state index contributed by atoms with van der Waals surface area (Å²) in [5.74, 6) is -0.367. The van der Waals surface area contributed by atoms with E-state index >= 15 is 0 Å². The number of hydrogen-bond acceptors (Lipinski definition) is 7. The van der Waals surface area contributed by atoms with Crippen molar-refractivity contribution in [2.24, 2.45) is 5.92 Å². The third-order valence-electron chi connectivity index (χ3n) is 6.59. The molecule has 3 fully saturated rings. The number of aromatic nitrogens is 3. The predicted molar refractivity (Wildman–Crippen MR) is 110 cm³/mol. The molecule has 172 valence electrons. The van der Waals surface area contributed by atoms with Crippen molar-refractivity contribution in [2.45, 2.75) is 56.2 Å².